The maximum Gasteiger partial charge on any atom is 0.307 e. The highest BCUT2D eigenvalue weighted by molar-refractivity contribution is 6.01. The molecule has 0 saturated heterocycles. The van der Waals surface area contributed by atoms with Crippen LogP contribution in [-0.2, 0) is 16.0 Å². The summed E-state index contributed by atoms with van der Waals surface area (Å²) in [5, 5.41) is 3.51. The number of benzene rings is 1. The number of primary amides is 1. The van der Waals surface area contributed by atoms with Gasteiger partial charge in [0, 0.05) is 47.8 Å². The monoisotopic (exact) mass is 480 g/mol. The minimum atomic E-state index is -0.495. The number of esters is 1. The lowest BCUT2D eigenvalue weighted by Crippen LogP contribution is -2.32. The van der Waals surface area contributed by atoms with Crippen LogP contribution < -0.4 is 16.8 Å². The molecule has 0 radical (unpaired) electrons. The zero-order valence-electron chi connectivity index (χ0n) is 20.9. The molecule has 2 aliphatic carbocycles. The van der Waals surface area contributed by atoms with E-state index in [1.54, 1.807) is 6.07 Å². The zero-order valence-corrected chi connectivity index (χ0v) is 20.9. The van der Waals surface area contributed by atoms with E-state index in [2.05, 4.69) is 23.7 Å². The number of nitrogens with two attached hydrogens (primary N) is 2. The van der Waals surface area contributed by atoms with Gasteiger partial charge in [0.15, 0.2) is 5.78 Å². The summed E-state index contributed by atoms with van der Waals surface area (Å²) >= 11 is 0. The summed E-state index contributed by atoms with van der Waals surface area (Å²) < 4.78 is 7.57. The second-order valence-corrected chi connectivity index (χ2v) is 10.7. The number of hydrogen-bond donors (Lipinski definition) is 3. The van der Waals surface area contributed by atoms with Crippen molar-refractivity contribution < 1.29 is 19.1 Å². The average Bonchev–Trinajstić information content (AvgIpc) is 3.10. The Kier molecular flexibility index (Phi) is 7.03. The molecule has 2 aromatic rings. The molecule has 35 heavy (non-hydrogen) atoms. The number of nitrogens with zero attached hydrogens (tertiary/aromatic N) is 1. The number of ketones is 1. The predicted molar refractivity (Wildman–Crippen MR) is 135 cm³/mol. The van der Waals surface area contributed by atoms with Gasteiger partial charge >= 0.3 is 5.97 Å². The van der Waals surface area contributed by atoms with E-state index in [4.69, 9.17) is 16.2 Å². The van der Waals surface area contributed by atoms with E-state index in [9.17, 15) is 14.4 Å². The van der Waals surface area contributed by atoms with Gasteiger partial charge in [-0.3, -0.25) is 14.4 Å². The fourth-order valence-corrected chi connectivity index (χ4v) is 5.43. The topological polar surface area (TPSA) is 129 Å². The molecule has 0 spiro atoms. The third kappa shape index (κ3) is 5.42. The minimum absolute atomic E-state index is 0.0932. The molecule has 0 aliphatic heterocycles. The van der Waals surface area contributed by atoms with Crippen LogP contribution >= 0.6 is 0 Å². The number of fused-ring (bicyclic) bond motifs is 1. The number of rotatable bonds is 7. The van der Waals surface area contributed by atoms with Gasteiger partial charge in [-0.15, -0.1) is 0 Å². The van der Waals surface area contributed by atoms with Crippen molar-refractivity contribution >= 4 is 23.3 Å². The number of aromatic nitrogens is 1. The van der Waals surface area contributed by atoms with Crippen LogP contribution in [0.2, 0.25) is 0 Å². The summed E-state index contributed by atoms with van der Waals surface area (Å²) in [4.78, 5) is 36.8. The Morgan fingerprint density at radius 2 is 1.89 bits per heavy atom. The zero-order chi connectivity index (χ0) is 25.3. The third-order valence-electron chi connectivity index (χ3n) is 7.09. The van der Waals surface area contributed by atoms with Crippen molar-refractivity contribution in [2.75, 3.05) is 11.9 Å². The van der Waals surface area contributed by atoms with Crippen LogP contribution in [0.5, 0.6) is 0 Å². The Labute approximate surface area is 206 Å². The van der Waals surface area contributed by atoms with Gasteiger partial charge in [-0.25, -0.2) is 0 Å². The van der Waals surface area contributed by atoms with E-state index < -0.39 is 5.91 Å². The van der Waals surface area contributed by atoms with Crippen molar-refractivity contribution in [3.8, 4) is 5.69 Å². The molecule has 2 aliphatic rings. The Morgan fingerprint density at radius 3 is 2.54 bits per heavy atom. The Morgan fingerprint density at radius 1 is 1.17 bits per heavy atom. The van der Waals surface area contributed by atoms with E-state index in [0.29, 0.717) is 17.7 Å². The second kappa shape index (κ2) is 9.85. The van der Waals surface area contributed by atoms with E-state index >= 15 is 0 Å². The first-order valence-corrected chi connectivity index (χ1v) is 12.4. The highest BCUT2D eigenvalue weighted by Crippen LogP contribution is 2.38. The van der Waals surface area contributed by atoms with Gasteiger partial charge in [0.25, 0.3) is 5.91 Å². The van der Waals surface area contributed by atoms with Crippen LogP contribution in [0.4, 0.5) is 5.69 Å². The number of carbonyl (C=O) groups excluding carboxylic acids is 3. The molecule has 8 heteroatoms. The maximum atomic E-state index is 12.8. The first-order chi connectivity index (χ1) is 16.6. The Bertz CT molecular complexity index is 1140. The van der Waals surface area contributed by atoms with Crippen molar-refractivity contribution in [2.24, 2.45) is 16.9 Å². The number of hydrogen-bond acceptors (Lipinski definition) is 6. The second-order valence-electron chi connectivity index (χ2n) is 10.7. The standard InChI is InChI=1S/C27H36N4O4/c1-16-15-31(22-13-27(2,3)14-23(32)25(16)22)18-6-9-20(26(29)34)21(12-18)30-17-4-7-19(8-5-17)35-24(33)10-11-28/h6,9,12,15,17,19,30H,4-5,7-8,10-11,13-14,28H2,1-3H3,(H2,29,34). The fraction of sp³-hybridized carbons (Fsp3) is 0.519. The highest BCUT2D eigenvalue weighted by atomic mass is 16.5. The van der Waals surface area contributed by atoms with Gasteiger partial charge in [-0.1, -0.05) is 13.8 Å². The average molecular weight is 481 g/mol. The number of carbonyl (C=O) groups is 3. The van der Waals surface area contributed by atoms with Gasteiger partial charge in [-0.2, -0.15) is 0 Å². The molecule has 1 amide bonds. The van der Waals surface area contributed by atoms with E-state index in [1.807, 2.05) is 25.3 Å². The lowest BCUT2D eigenvalue weighted by atomic mass is 9.75. The summed E-state index contributed by atoms with van der Waals surface area (Å²) in [6, 6.07) is 5.70. The van der Waals surface area contributed by atoms with Crippen LogP contribution in [0, 0.1) is 12.3 Å². The van der Waals surface area contributed by atoms with Gasteiger partial charge in [0.05, 0.1) is 12.0 Å². The van der Waals surface area contributed by atoms with E-state index in [0.717, 1.165) is 54.6 Å². The lowest BCUT2D eigenvalue weighted by Gasteiger charge is -2.31. The molecule has 0 atom stereocenters. The molecule has 188 valence electrons. The number of amides is 1. The molecular formula is C27H36N4O4. The summed E-state index contributed by atoms with van der Waals surface area (Å²) in [6.07, 6.45) is 6.61. The van der Waals surface area contributed by atoms with Crippen LogP contribution in [0.15, 0.2) is 24.4 Å². The van der Waals surface area contributed by atoms with Crippen molar-refractivity contribution in [1.82, 2.24) is 4.57 Å². The Balaban J connectivity index is 1.57. The Hall–Kier alpha value is -3.13. The summed E-state index contributed by atoms with van der Waals surface area (Å²) in [6.45, 7) is 6.50. The molecule has 5 N–H and O–H groups in total. The predicted octanol–water partition coefficient (Wildman–Crippen LogP) is 3.65. The highest BCUT2D eigenvalue weighted by Gasteiger charge is 2.35. The summed E-state index contributed by atoms with van der Waals surface area (Å²) in [7, 11) is 0. The molecule has 8 nitrogen and oxygen atoms in total. The number of ether oxygens (including phenoxy) is 1. The van der Waals surface area contributed by atoms with Crippen molar-refractivity contribution in [2.45, 2.75) is 77.9 Å². The molecular weight excluding hydrogens is 444 g/mol. The minimum Gasteiger partial charge on any atom is -0.462 e. The van der Waals surface area contributed by atoms with Crippen molar-refractivity contribution in [3.05, 3.63) is 46.8 Å². The van der Waals surface area contributed by atoms with Gasteiger partial charge in [0.2, 0.25) is 0 Å². The van der Waals surface area contributed by atoms with Crippen LogP contribution in [0.1, 0.15) is 84.3 Å². The number of nitrogens with one attached hydrogen (secondary N) is 1. The van der Waals surface area contributed by atoms with Crippen LogP contribution in [0.25, 0.3) is 5.69 Å². The molecule has 1 aromatic carbocycles. The third-order valence-corrected chi connectivity index (χ3v) is 7.09. The first-order valence-electron chi connectivity index (χ1n) is 12.4. The van der Waals surface area contributed by atoms with Crippen molar-refractivity contribution in [1.29, 1.82) is 0 Å². The first kappa shape index (κ1) is 25.0. The van der Waals surface area contributed by atoms with Crippen LogP contribution in [0.3, 0.4) is 0 Å². The quantitative estimate of drug-likeness (QED) is 0.519. The van der Waals surface area contributed by atoms with Gasteiger partial charge < -0.3 is 26.1 Å². The van der Waals surface area contributed by atoms with E-state index in [1.165, 1.54) is 0 Å². The molecule has 1 saturated carbocycles. The van der Waals surface area contributed by atoms with Gasteiger partial charge in [0.1, 0.15) is 6.10 Å². The smallest absolute Gasteiger partial charge is 0.307 e. The molecule has 1 fully saturated rings. The van der Waals surface area contributed by atoms with Gasteiger partial charge in [-0.05, 0) is 68.2 Å². The maximum absolute atomic E-state index is 12.8. The largest absolute Gasteiger partial charge is 0.462 e. The normalized spacial score (nSPS) is 21.3. The summed E-state index contributed by atoms with van der Waals surface area (Å²) in [5.74, 6) is -0.561. The number of anilines is 1. The van der Waals surface area contributed by atoms with Crippen molar-refractivity contribution in [3.63, 3.8) is 0 Å². The lowest BCUT2D eigenvalue weighted by molar-refractivity contribution is -0.150. The molecule has 1 aromatic heterocycles. The molecule has 4 rings (SSSR count). The van der Waals surface area contributed by atoms with Crippen LogP contribution in [-0.4, -0.2) is 40.9 Å². The molecule has 1 heterocycles. The molecule has 0 unspecified atom stereocenters. The number of Topliss-reactive ketones (excluding diaryl/α,β-unsaturated/α-hetero) is 1. The SMILES string of the molecule is Cc1cn(-c2ccc(C(N)=O)c(NC3CCC(OC(=O)CCN)CC3)c2)c2c1C(=O)CC(C)(C)C2. The summed E-state index contributed by atoms with van der Waals surface area (Å²) in [5.41, 5.74) is 15.8. The molecule has 0 bridgehead atoms. The fourth-order valence-electron chi connectivity index (χ4n) is 5.43. The van der Waals surface area contributed by atoms with E-state index in [-0.39, 0.29) is 42.3 Å². The number of aryl methyl sites for hydroxylation is 1.